The molecule has 0 N–H and O–H groups in total. The van der Waals surface area contributed by atoms with Crippen molar-refractivity contribution in [3.8, 4) is 11.5 Å². The first-order chi connectivity index (χ1) is 7.34. The van der Waals surface area contributed by atoms with Crippen LogP contribution in [0.15, 0.2) is 18.2 Å². The van der Waals surface area contributed by atoms with Gasteiger partial charge in [-0.1, -0.05) is 11.6 Å². The van der Waals surface area contributed by atoms with E-state index in [4.69, 9.17) is 16.3 Å². The minimum Gasteiger partial charge on any atom is -0.497 e. The Bertz CT molecular complexity index is 403. The summed E-state index contributed by atoms with van der Waals surface area (Å²) in [5.41, 5.74) is 0. The van der Waals surface area contributed by atoms with Crippen LogP contribution in [-0.2, 0) is 4.79 Å². The van der Waals surface area contributed by atoms with Gasteiger partial charge in [0.25, 0.3) is 0 Å². The van der Waals surface area contributed by atoms with Crippen LogP contribution in [0.1, 0.15) is 0 Å². The lowest BCUT2D eigenvalue weighted by Crippen LogP contribution is -2.28. The Labute approximate surface area is 93.7 Å². The lowest BCUT2D eigenvalue weighted by atomic mass is 10.3. The smallest absolute Gasteiger partial charge is 0.491 e. The summed E-state index contributed by atoms with van der Waals surface area (Å²) in [4.78, 5) is 10.5. The highest BCUT2D eigenvalue weighted by Gasteiger charge is 2.41. The van der Waals surface area contributed by atoms with E-state index in [-0.39, 0.29) is 10.8 Å². The summed E-state index contributed by atoms with van der Waals surface area (Å²) in [6.45, 7) is 0. The maximum Gasteiger partial charge on any atom is 0.491 e. The van der Waals surface area contributed by atoms with E-state index in [2.05, 4.69) is 4.74 Å². The number of alkyl halides is 3. The van der Waals surface area contributed by atoms with Gasteiger partial charge in [0.15, 0.2) is 0 Å². The minimum absolute atomic E-state index is 0.142. The maximum atomic E-state index is 11.9. The number of benzene rings is 1. The summed E-state index contributed by atoms with van der Waals surface area (Å²) in [6, 6.07) is 3.68. The van der Waals surface area contributed by atoms with Gasteiger partial charge in [-0.15, -0.1) is 0 Å². The first kappa shape index (κ1) is 12.6. The minimum atomic E-state index is -5.05. The number of carbonyl (C=O) groups excluding carboxylic acids is 1. The average molecular weight is 255 g/mol. The molecule has 0 aliphatic heterocycles. The molecule has 0 unspecified atom stereocenters. The molecule has 0 saturated heterocycles. The fourth-order valence-corrected chi connectivity index (χ4v) is 1.06. The molecule has 1 aromatic rings. The zero-order chi connectivity index (χ0) is 12.3. The van der Waals surface area contributed by atoms with Gasteiger partial charge < -0.3 is 9.47 Å². The van der Waals surface area contributed by atoms with Crippen molar-refractivity contribution in [3.63, 3.8) is 0 Å². The monoisotopic (exact) mass is 254 g/mol. The topological polar surface area (TPSA) is 35.5 Å². The third kappa shape index (κ3) is 3.03. The van der Waals surface area contributed by atoms with E-state index < -0.39 is 12.1 Å². The molecule has 0 aliphatic rings. The van der Waals surface area contributed by atoms with Crippen molar-refractivity contribution in [2.45, 2.75) is 6.18 Å². The summed E-state index contributed by atoms with van der Waals surface area (Å²) < 4.78 is 44.4. The van der Waals surface area contributed by atoms with Crippen LogP contribution < -0.4 is 9.47 Å². The second kappa shape index (κ2) is 4.61. The van der Waals surface area contributed by atoms with E-state index in [1.165, 1.54) is 19.2 Å². The van der Waals surface area contributed by atoms with E-state index in [1.54, 1.807) is 0 Å². The van der Waals surface area contributed by atoms with E-state index >= 15 is 0 Å². The molecule has 1 aromatic carbocycles. The van der Waals surface area contributed by atoms with Gasteiger partial charge >= 0.3 is 12.1 Å². The van der Waals surface area contributed by atoms with Crippen molar-refractivity contribution in [1.29, 1.82) is 0 Å². The van der Waals surface area contributed by atoms with Crippen molar-refractivity contribution in [2.75, 3.05) is 7.11 Å². The molecule has 0 atom stereocenters. The Hall–Kier alpha value is -1.43. The van der Waals surface area contributed by atoms with Crippen LogP contribution in [0, 0.1) is 0 Å². The standard InChI is InChI=1S/C9H6ClF3O3/c1-15-5-2-3-7(6(10)4-5)16-8(14)9(11,12)13/h2-4H,1H3. The van der Waals surface area contributed by atoms with Crippen molar-refractivity contribution < 1.29 is 27.4 Å². The Morgan fingerprint density at radius 3 is 2.44 bits per heavy atom. The van der Waals surface area contributed by atoms with E-state index in [0.717, 1.165) is 6.07 Å². The number of esters is 1. The van der Waals surface area contributed by atoms with E-state index in [9.17, 15) is 18.0 Å². The Balaban J connectivity index is 2.87. The molecule has 7 heteroatoms. The largest absolute Gasteiger partial charge is 0.497 e. The van der Waals surface area contributed by atoms with Crippen molar-refractivity contribution in [3.05, 3.63) is 23.2 Å². The van der Waals surface area contributed by atoms with E-state index in [0.29, 0.717) is 5.75 Å². The lowest BCUT2D eigenvalue weighted by Gasteiger charge is -2.09. The van der Waals surface area contributed by atoms with Gasteiger partial charge in [0.2, 0.25) is 0 Å². The molecule has 0 heterocycles. The first-order valence-corrected chi connectivity index (χ1v) is 4.35. The zero-order valence-electron chi connectivity index (χ0n) is 7.97. The third-order valence-electron chi connectivity index (χ3n) is 1.57. The molecule has 0 aromatic heterocycles. The second-order valence-electron chi connectivity index (χ2n) is 2.68. The highest BCUT2D eigenvalue weighted by atomic mass is 35.5. The molecule has 0 aliphatic carbocycles. The Kier molecular flexibility index (Phi) is 3.64. The quantitative estimate of drug-likeness (QED) is 0.601. The van der Waals surface area contributed by atoms with Crippen LogP contribution in [0.3, 0.4) is 0 Å². The summed E-state index contributed by atoms with van der Waals surface area (Å²) in [5, 5.41) is -0.142. The SMILES string of the molecule is COc1ccc(OC(=O)C(F)(F)F)c(Cl)c1. The molecule has 16 heavy (non-hydrogen) atoms. The highest BCUT2D eigenvalue weighted by molar-refractivity contribution is 6.32. The molecule has 3 nitrogen and oxygen atoms in total. The van der Waals surface area contributed by atoms with Gasteiger partial charge in [-0.3, -0.25) is 0 Å². The van der Waals surface area contributed by atoms with Crippen molar-refractivity contribution >= 4 is 17.6 Å². The number of carbonyl (C=O) groups is 1. The zero-order valence-corrected chi connectivity index (χ0v) is 8.72. The van der Waals surface area contributed by atoms with Crippen LogP contribution >= 0.6 is 11.6 Å². The van der Waals surface area contributed by atoms with Gasteiger partial charge in [0.05, 0.1) is 12.1 Å². The summed E-state index contributed by atoms with van der Waals surface area (Å²) in [7, 11) is 1.37. The molecule has 0 fully saturated rings. The Morgan fingerprint density at radius 1 is 1.38 bits per heavy atom. The average Bonchev–Trinajstić information content (AvgIpc) is 2.19. The van der Waals surface area contributed by atoms with Crippen LogP contribution in [0.25, 0.3) is 0 Å². The molecule has 0 radical (unpaired) electrons. The van der Waals surface area contributed by atoms with Crippen LogP contribution in [0.5, 0.6) is 11.5 Å². The summed E-state index contributed by atoms with van der Waals surface area (Å²) in [6.07, 6.45) is -5.05. The summed E-state index contributed by atoms with van der Waals surface area (Å²) >= 11 is 5.58. The fraction of sp³-hybridized carbons (Fsp3) is 0.222. The van der Waals surface area contributed by atoms with Crippen LogP contribution in [0.4, 0.5) is 13.2 Å². The van der Waals surface area contributed by atoms with Gasteiger partial charge in [-0.05, 0) is 12.1 Å². The Morgan fingerprint density at radius 2 is 2.00 bits per heavy atom. The molecule has 0 bridgehead atoms. The van der Waals surface area contributed by atoms with Crippen LogP contribution in [-0.4, -0.2) is 19.3 Å². The summed E-state index contributed by atoms with van der Waals surface area (Å²) in [5.74, 6) is -2.35. The van der Waals surface area contributed by atoms with Gasteiger partial charge in [0, 0.05) is 6.07 Å². The number of hydrogen-bond acceptors (Lipinski definition) is 3. The number of hydrogen-bond donors (Lipinski definition) is 0. The van der Waals surface area contributed by atoms with Gasteiger partial charge in [0.1, 0.15) is 11.5 Å². The lowest BCUT2D eigenvalue weighted by molar-refractivity contribution is -0.189. The third-order valence-corrected chi connectivity index (χ3v) is 1.87. The molecule has 0 spiro atoms. The predicted molar refractivity (Wildman–Crippen MR) is 49.7 cm³/mol. The van der Waals surface area contributed by atoms with Gasteiger partial charge in [-0.2, -0.15) is 13.2 Å². The second-order valence-corrected chi connectivity index (χ2v) is 3.09. The van der Waals surface area contributed by atoms with Crippen molar-refractivity contribution in [1.82, 2.24) is 0 Å². The first-order valence-electron chi connectivity index (χ1n) is 3.97. The maximum absolute atomic E-state index is 11.9. The number of halogens is 4. The van der Waals surface area contributed by atoms with Crippen molar-refractivity contribution in [2.24, 2.45) is 0 Å². The molecular weight excluding hydrogens is 249 g/mol. The molecule has 88 valence electrons. The molecule has 0 amide bonds. The number of methoxy groups -OCH3 is 1. The number of rotatable bonds is 2. The predicted octanol–water partition coefficient (Wildman–Crippen LogP) is 2.82. The molecular formula is C9H6ClF3O3. The van der Waals surface area contributed by atoms with Gasteiger partial charge in [-0.25, -0.2) is 4.79 Å². The van der Waals surface area contributed by atoms with Crippen LogP contribution in [0.2, 0.25) is 5.02 Å². The molecule has 0 saturated carbocycles. The van der Waals surface area contributed by atoms with E-state index in [1.807, 2.05) is 0 Å². The number of ether oxygens (including phenoxy) is 2. The molecule has 1 rings (SSSR count). The normalized spacial score (nSPS) is 11.1. The fourth-order valence-electron chi connectivity index (χ4n) is 0.849. The highest BCUT2D eigenvalue weighted by Crippen LogP contribution is 2.30.